The van der Waals surface area contributed by atoms with Crippen LogP contribution in [-0.4, -0.2) is 53.5 Å². The molecule has 8 heteroatoms. The molecule has 172 valence electrons. The molecule has 1 aromatic carbocycles. The molecular weight excluding hydrogens is 419 g/mol. The first-order valence-corrected chi connectivity index (χ1v) is 10.9. The van der Waals surface area contributed by atoms with E-state index in [9.17, 15) is 18.0 Å². The van der Waals surface area contributed by atoms with Gasteiger partial charge < -0.3 is 9.64 Å². The Morgan fingerprint density at radius 1 is 1.09 bits per heavy atom. The number of hydrogen-bond acceptors (Lipinski definition) is 4. The summed E-state index contributed by atoms with van der Waals surface area (Å²) in [6, 6.07) is 6.80. The lowest BCUT2D eigenvalue weighted by molar-refractivity contribution is -0.141. The number of nitrogens with zero attached hydrogens (tertiary/aromatic N) is 3. The lowest BCUT2D eigenvalue weighted by Gasteiger charge is -2.48. The van der Waals surface area contributed by atoms with E-state index in [0.29, 0.717) is 19.1 Å². The molecule has 2 aliphatic rings. The van der Waals surface area contributed by atoms with Crippen LogP contribution in [0.5, 0.6) is 5.75 Å². The Morgan fingerprint density at radius 2 is 1.88 bits per heavy atom. The molecule has 0 aliphatic carbocycles. The Hall–Kier alpha value is -2.61. The third-order valence-corrected chi connectivity index (χ3v) is 6.89. The topological polar surface area (TPSA) is 45.7 Å². The highest BCUT2D eigenvalue weighted by atomic mass is 19.4. The van der Waals surface area contributed by atoms with Gasteiger partial charge in [-0.1, -0.05) is 6.07 Å². The number of alkyl halides is 3. The zero-order chi connectivity index (χ0) is 23.0. The van der Waals surface area contributed by atoms with Crippen LogP contribution >= 0.6 is 0 Å². The fraction of sp³-hybridized carbons (Fsp3) is 0.500. The Labute approximate surface area is 186 Å². The van der Waals surface area contributed by atoms with Crippen LogP contribution < -0.4 is 4.74 Å². The smallest absolute Gasteiger partial charge is 0.433 e. The standard InChI is InChI=1S/C24H28F3N3O2/c1-15-16(2)21(32-3)9-8-19(15)20-6-4-5-18-14-29(11-12-30(18)20)23(31)17-7-10-22(28-13-17)24(25,26)27/h7-10,13,18,20H,4-6,11-12,14H2,1-3H3. The molecule has 2 fully saturated rings. The van der Waals surface area contributed by atoms with Crippen LogP contribution in [0, 0.1) is 13.8 Å². The van der Waals surface area contributed by atoms with Gasteiger partial charge in [0.15, 0.2) is 0 Å². The molecule has 32 heavy (non-hydrogen) atoms. The second kappa shape index (κ2) is 8.73. The van der Waals surface area contributed by atoms with Gasteiger partial charge in [-0.25, -0.2) is 0 Å². The second-order valence-corrected chi connectivity index (χ2v) is 8.63. The minimum Gasteiger partial charge on any atom is -0.496 e. The maximum Gasteiger partial charge on any atom is 0.433 e. The van der Waals surface area contributed by atoms with Crippen molar-refractivity contribution < 1.29 is 22.7 Å². The molecule has 1 amide bonds. The maximum absolute atomic E-state index is 12.9. The number of ether oxygens (including phenoxy) is 1. The van der Waals surface area contributed by atoms with Gasteiger partial charge in [-0.15, -0.1) is 0 Å². The van der Waals surface area contributed by atoms with Gasteiger partial charge in [0.25, 0.3) is 5.91 Å². The molecule has 4 rings (SSSR count). The van der Waals surface area contributed by atoms with Gasteiger partial charge in [0.1, 0.15) is 11.4 Å². The molecule has 0 saturated carbocycles. The summed E-state index contributed by atoms with van der Waals surface area (Å²) >= 11 is 0. The summed E-state index contributed by atoms with van der Waals surface area (Å²) in [5.41, 5.74) is 2.90. The molecule has 2 saturated heterocycles. The van der Waals surface area contributed by atoms with E-state index < -0.39 is 11.9 Å². The Morgan fingerprint density at radius 3 is 2.53 bits per heavy atom. The van der Waals surface area contributed by atoms with Crippen molar-refractivity contribution >= 4 is 5.91 Å². The van der Waals surface area contributed by atoms with Crippen LogP contribution in [0.2, 0.25) is 0 Å². The summed E-state index contributed by atoms with van der Waals surface area (Å²) in [4.78, 5) is 20.6. The van der Waals surface area contributed by atoms with Gasteiger partial charge in [0.2, 0.25) is 0 Å². The molecule has 0 spiro atoms. The third kappa shape index (κ3) is 4.20. The molecule has 2 atom stereocenters. The van der Waals surface area contributed by atoms with Crippen molar-refractivity contribution in [1.82, 2.24) is 14.8 Å². The number of methoxy groups -OCH3 is 1. The van der Waals surface area contributed by atoms with Gasteiger partial charge in [-0.3, -0.25) is 14.7 Å². The predicted molar refractivity (Wildman–Crippen MR) is 115 cm³/mol. The fourth-order valence-electron chi connectivity index (χ4n) is 5.04. The molecule has 2 aromatic rings. The van der Waals surface area contributed by atoms with Crippen LogP contribution in [0.15, 0.2) is 30.5 Å². The molecule has 0 radical (unpaired) electrons. The number of pyridine rings is 1. The van der Waals surface area contributed by atoms with E-state index in [1.54, 1.807) is 12.0 Å². The third-order valence-electron chi connectivity index (χ3n) is 6.89. The Balaban J connectivity index is 1.49. The quantitative estimate of drug-likeness (QED) is 0.680. The van der Waals surface area contributed by atoms with Gasteiger partial charge in [-0.05, 0) is 68.0 Å². The highest BCUT2D eigenvalue weighted by molar-refractivity contribution is 5.94. The summed E-state index contributed by atoms with van der Waals surface area (Å²) in [7, 11) is 1.68. The van der Waals surface area contributed by atoms with E-state index in [1.165, 1.54) is 17.2 Å². The Kier molecular flexibility index (Phi) is 6.16. The van der Waals surface area contributed by atoms with Crippen molar-refractivity contribution in [2.75, 3.05) is 26.7 Å². The minimum atomic E-state index is -4.51. The molecule has 2 unspecified atom stereocenters. The number of piperazine rings is 1. The SMILES string of the molecule is COc1ccc(C2CCCC3CN(C(=O)c4ccc(C(F)(F)F)nc4)CCN32)c(C)c1C. The van der Waals surface area contributed by atoms with E-state index in [0.717, 1.165) is 49.4 Å². The normalized spacial score (nSPS) is 21.9. The zero-order valence-electron chi connectivity index (χ0n) is 18.6. The van der Waals surface area contributed by atoms with Gasteiger partial charge in [-0.2, -0.15) is 13.2 Å². The number of carbonyl (C=O) groups is 1. The number of benzene rings is 1. The predicted octanol–water partition coefficient (Wildman–Crippen LogP) is 4.78. The van der Waals surface area contributed by atoms with E-state index in [-0.39, 0.29) is 17.5 Å². The molecule has 5 nitrogen and oxygen atoms in total. The summed E-state index contributed by atoms with van der Waals surface area (Å²) in [5, 5.41) is 0. The van der Waals surface area contributed by atoms with Crippen molar-refractivity contribution in [3.63, 3.8) is 0 Å². The van der Waals surface area contributed by atoms with Gasteiger partial charge in [0.05, 0.1) is 12.7 Å². The molecule has 0 bridgehead atoms. The molecule has 3 heterocycles. The Bertz CT molecular complexity index is 991. The first kappa shape index (κ1) is 22.6. The van der Waals surface area contributed by atoms with E-state index in [4.69, 9.17) is 4.74 Å². The first-order valence-electron chi connectivity index (χ1n) is 10.9. The van der Waals surface area contributed by atoms with Crippen LogP contribution in [0.4, 0.5) is 13.2 Å². The largest absolute Gasteiger partial charge is 0.496 e. The average molecular weight is 448 g/mol. The minimum absolute atomic E-state index is 0.195. The molecule has 0 N–H and O–H groups in total. The fourth-order valence-corrected chi connectivity index (χ4v) is 5.04. The monoisotopic (exact) mass is 447 g/mol. The van der Waals surface area contributed by atoms with E-state index in [1.807, 2.05) is 6.07 Å². The summed E-state index contributed by atoms with van der Waals surface area (Å²) in [5.74, 6) is 0.628. The van der Waals surface area contributed by atoms with Crippen LogP contribution in [0.1, 0.15) is 58.0 Å². The summed E-state index contributed by atoms with van der Waals surface area (Å²) < 4.78 is 43.7. The van der Waals surface area contributed by atoms with Crippen LogP contribution in [0.3, 0.4) is 0 Å². The number of amides is 1. The number of halogens is 3. The summed E-state index contributed by atoms with van der Waals surface area (Å²) in [6.45, 7) is 6.06. The number of hydrogen-bond donors (Lipinski definition) is 0. The van der Waals surface area contributed by atoms with Crippen LogP contribution in [0.25, 0.3) is 0 Å². The number of fused-ring (bicyclic) bond motifs is 1. The first-order chi connectivity index (χ1) is 15.2. The average Bonchev–Trinajstić information content (AvgIpc) is 2.79. The van der Waals surface area contributed by atoms with E-state index in [2.05, 4.69) is 29.8 Å². The lowest BCUT2D eigenvalue weighted by Crippen LogP contribution is -2.57. The zero-order valence-corrected chi connectivity index (χ0v) is 18.6. The number of aromatic nitrogens is 1. The van der Waals surface area contributed by atoms with Crippen LogP contribution in [-0.2, 0) is 6.18 Å². The van der Waals surface area contributed by atoms with Crippen molar-refractivity contribution in [3.8, 4) is 5.75 Å². The number of carbonyl (C=O) groups excluding carboxylic acids is 1. The van der Waals surface area contributed by atoms with Crippen molar-refractivity contribution in [3.05, 3.63) is 58.4 Å². The van der Waals surface area contributed by atoms with Crippen molar-refractivity contribution in [2.45, 2.75) is 51.4 Å². The van der Waals surface area contributed by atoms with Gasteiger partial charge >= 0.3 is 6.18 Å². The number of piperidine rings is 1. The highest BCUT2D eigenvalue weighted by Gasteiger charge is 2.38. The highest BCUT2D eigenvalue weighted by Crippen LogP contribution is 2.39. The number of rotatable bonds is 3. The maximum atomic E-state index is 12.9. The van der Waals surface area contributed by atoms with Crippen molar-refractivity contribution in [2.24, 2.45) is 0 Å². The summed E-state index contributed by atoms with van der Waals surface area (Å²) in [6.07, 6.45) is -0.341. The second-order valence-electron chi connectivity index (χ2n) is 8.63. The lowest BCUT2D eigenvalue weighted by atomic mass is 9.86. The van der Waals surface area contributed by atoms with Gasteiger partial charge in [0, 0.05) is 37.9 Å². The molecule has 2 aliphatic heterocycles. The molecular formula is C24H28F3N3O2. The molecule has 1 aromatic heterocycles. The van der Waals surface area contributed by atoms with Crippen molar-refractivity contribution in [1.29, 1.82) is 0 Å². The van der Waals surface area contributed by atoms with E-state index >= 15 is 0 Å².